The number of hydrogen-bond donors (Lipinski definition) is 1. The van der Waals surface area contributed by atoms with E-state index in [1.807, 2.05) is 27.7 Å². The van der Waals surface area contributed by atoms with Crippen molar-refractivity contribution in [1.29, 1.82) is 0 Å². The summed E-state index contributed by atoms with van der Waals surface area (Å²) in [6.45, 7) is 8.73. The molecule has 4 rings (SSSR count). The third-order valence-electron chi connectivity index (χ3n) is 4.70. The molecule has 0 saturated heterocycles. The van der Waals surface area contributed by atoms with Gasteiger partial charge in [-0.2, -0.15) is 14.6 Å². The molecule has 0 atom stereocenters. The Bertz CT molecular complexity index is 1120. The van der Waals surface area contributed by atoms with Crippen molar-refractivity contribution in [2.24, 2.45) is 0 Å². The van der Waals surface area contributed by atoms with Crippen LogP contribution in [-0.4, -0.2) is 25.7 Å². The first kappa shape index (κ1) is 17.3. The highest BCUT2D eigenvalue weighted by Gasteiger charge is 2.14. The largest absolute Gasteiger partial charge is 0.491 e. The van der Waals surface area contributed by atoms with Crippen LogP contribution in [0.15, 0.2) is 42.7 Å². The molecule has 0 unspecified atom stereocenters. The Kier molecular flexibility index (Phi) is 4.39. The van der Waals surface area contributed by atoms with Crippen LogP contribution in [0.3, 0.4) is 0 Å². The second-order valence-electron chi connectivity index (χ2n) is 6.93. The van der Waals surface area contributed by atoms with Crippen LogP contribution in [0.2, 0.25) is 0 Å². The molecule has 0 radical (unpaired) electrons. The van der Waals surface area contributed by atoms with Crippen molar-refractivity contribution in [2.75, 3.05) is 5.32 Å². The maximum Gasteiger partial charge on any atom is 0.254 e. The van der Waals surface area contributed by atoms with Crippen LogP contribution in [0, 0.1) is 13.8 Å². The lowest BCUT2D eigenvalue weighted by Crippen LogP contribution is -2.12. The van der Waals surface area contributed by atoms with E-state index in [1.54, 1.807) is 4.52 Å². The van der Waals surface area contributed by atoms with Crippen LogP contribution in [0.5, 0.6) is 5.75 Å². The molecule has 2 aromatic heterocycles. The molecule has 6 heteroatoms. The third-order valence-corrected chi connectivity index (χ3v) is 4.70. The molecule has 2 aromatic carbocycles. The van der Waals surface area contributed by atoms with Crippen molar-refractivity contribution < 1.29 is 4.74 Å². The predicted molar refractivity (Wildman–Crippen MR) is 107 cm³/mol. The third kappa shape index (κ3) is 3.18. The lowest BCUT2D eigenvalue weighted by atomic mass is 10.0. The molecule has 6 nitrogen and oxygen atoms in total. The second kappa shape index (κ2) is 6.87. The zero-order valence-electron chi connectivity index (χ0n) is 16.0. The fourth-order valence-corrected chi connectivity index (χ4v) is 3.28. The molecule has 0 aliphatic carbocycles. The number of rotatable bonds is 5. The predicted octanol–water partition coefficient (Wildman–Crippen LogP) is 4.29. The van der Waals surface area contributed by atoms with E-state index >= 15 is 0 Å². The van der Waals surface area contributed by atoms with Crippen molar-refractivity contribution in [3.05, 3.63) is 59.5 Å². The Balaban J connectivity index is 1.78. The number of ether oxygens (including phenoxy) is 1. The van der Waals surface area contributed by atoms with Gasteiger partial charge in [-0.15, -0.1) is 0 Å². The van der Waals surface area contributed by atoms with Crippen LogP contribution in [0.25, 0.3) is 16.6 Å². The molecular formula is C21H23N5O. The van der Waals surface area contributed by atoms with E-state index in [0.717, 1.165) is 28.4 Å². The number of aromatic nitrogens is 4. The van der Waals surface area contributed by atoms with Crippen LogP contribution in [0.1, 0.15) is 30.7 Å². The summed E-state index contributed by atoms with van der Waals surface area (Å²) in [7, 11) is 0. The van der Waals surface area contributed by atoms with Crippen molar-refractivity contribution in [2.45, 2.75) is 40.3 Å². The summed E-state index contributed by atoms with van der Waals surface area (Å²) in [6.07, 6.45) is 1.63. The Labute approximate surface area is 158 Å². The zero-order valence-corrected chi connectivity index (χ0v) is 16.0. The molecule has 0 aliphatic heterocycles. The lowest BCUT2D eigenvalue weighted by Gasteiger charge is -2.18. The van der Waals surface area contributed by atoms with Gasteiger partial charge in [0.05, 0.1) is 6.10 Å². The van der Waals surface area contributed by atoms with E-state index in [-0.39, 0.29) is 6.10 Å². The van der Waals surface area contributed by atoms with Crippen molar-refractivity contribution in [1.82, 2.24) is 19.6 Å². The van der Waals surface area contributed by atoms with Gasteiger partial charge in [-0.3, -0.25) is 0 Å². The topological polar surface area (TPSA) is 64.3 Å². The van der Waals surface area contributed by atoms with Gasteiger partial charge in [-0.05, 0) is 44.5 Å². The standard InChI is InChI=1S/C21H23N5O/c1-13(2)27-19-10-9-16-7-5-6-8-17(16)18(19)11-22-20-14(3)15(4)25-21-23-12-24-26(20)21/h5-10,12-13,22H,11H2,1-4H3. The maximum absolute atomic E-state index is 6.08. The summed E-state index contributed by atoms with van der Waals surface area (Å²) >= 11 is 0. The van der Waals surface area contributed by atoms with Gasteiger partial charge < -0.3 is 10.1 Å². The number of hydrogen-bond acceptors (Lipinski definition) is 5. The highest BCUT2D eigenvalue weighted by molar-refractivity contribution is 5.88. The van der Waals surface area contributed by atoms with E-state index in [4.69, 9.17) is 4.74 Å². The summed E-state index contributed by atoms with van der Waals surface area (Å²) < 4.78 is 7.83. The van der Waals surface area contributed by atoms with Crippen LogP contribution in [0.4, 0.5) is 5.82 Å². The van der Waals surface area contributed by atoms with Gasteiger partial charge in [-0.25, -0.2) is 4.98 Å². The van der Waals surface area contributed by atoms with Gasteiger partial charge in [0, 0.05) is 23.4 Å². The normalized spacial score (nSPS) is 11.4. The molecule has 0 fully saturated rings. The first-order chi connectivity index (χ1) is 13.0. The molecule has 0 aliphatic rings. The van der Waals surface area contributed by atoms with E-state index in [0.29, 0.717) is 12.3 Å². The molecule has 2 heterocycles. The Morgan fingerprint density at radius 1 is 1.11 bits per heavy atom. The quantitative estimate of drug-likeness (QED) is 0.574. The van der Waals surface area contributed by atoms with Gasteiger partial charge in [0.25, 0.3) is 5.78 Å². The van der Waals surface area contributed by atoms with E-state index in [9.17, 15) is 0 Å². The average Bonchev–Trinajstić information content (AvgIpc) is 3.10. The van der Waals surface area contributed by atoms with Crippen molar-refractivity contribution >= 4 is 22.4 Å². The molecule has 4 aromatic rings. The van der Waals surface area contributed by atoms with Gasteiger partial charge in [0.1, 0.15) is 17.9 Å². The summed E-state index contributed by atoms with van der Waals surface area (Å²) in [5.74, 6) is 2.39. The minimum Gasteiger partial charge on any atom is -0.491 e. The molecule has 1 N–H and O–H groups in total. The molecule has 0 spiro atoms. The second-order valence-corrected chi connectivity index (χ2v) is 6.93. The minimum atomic E-state index is 0.108. The van der Waals surface area contributed by atoms with Crippen molar-refractivity contribution in [3.8, 4) is 5.75 Å². The molecule has 0 amide bonds. The van der Waals surface area contributed by atoms with Crippen LogP contribution >= 0.6 is 0 Å². The van der Waals surface area contributed by atoms with Gasteiger partial charge in [-0.1, -0.05) is 30.3 Å². The molecule has 27 heavy (non-hydrogen) atoms. The summed E-state index contributed by atoms with van der Waals surface area (Å²) in [5, 5.41) is 10.2. The Morgan fingerprint density at radius 3 is 2.74 bits per heavy atom. The van der Waals surface area contributed by atoms with E-state index < -0.39 is 0 Å². The van der Waals surface area contributed by atoms with E-state index in [2.05, 4.69) is 56.8 Å². The first-order valence-electron chi connectivity index (χ1n) is 9.12. The molecule has 0 saturated carbocycles. The van der Waals surface area contributed by atoms with Gasteiger partial charge in [0.2, 0.25) is 0 Å². The van der Waals surface area contributed by atoms with Crippen LogP contribution in [-0.2, 0) is 6.54 Å². The Hall–Kier alpha value is -3.15. The lowest BCUT2D eigenvalue weighted by molar-refractivity contribution is 0.240. The highest BCUT2D eigenvalue weighted by atomic mass is 16.5. The number of aryl methyl sites for hydroxylation is 1. The highest BCUT2D eigenvalue weighted by Crippen LogP contribution is 2.30. The zero-order chi connectivity index (χ0) is 19.0. The van der Waals surface area contributed by atoms with Gasteiger partial charge in [0.15, 0.2) is 0 Å². The average molecular weight is 361 g/mol. The smallest absolute Gasteiger partial charge is 0.254 e. The summed E-state index contributed by atoms with van der Waals surface area (Å²) in [4.78, 5) is 8.70. The maximum atomic E-state index is 6.08. The SMILES string of the molecule is Cc1nc2ncnn2c(NCc2c(OC(C)C)ccc3ccccc23)c1C. The van der Waals surface area contributed by atoms with Crippen molar-refractivity contribution in [3.63, 3.8) is 0 Å². The molecular weight excluding hydrogens is 338 g/mol. The minimum absolute atomic E-state index is 0.108. The Morgan fingerprint density at radius 2 is 1.93 bits per heavy atom. The number of nitrogens with zero attached hydrogens (tertiary/aromatic N) is 4. The monoisotopic (exact) mass is 361 g/mol. The summed E-state index contributed by atoms with van der Waals surface area (Å²) in [5.41, 5.74) is 3.12. The van der Waals surface area contributed by atoms with E-state index in [1.165, 1.54) is 17.1 Å². The number of anilines is 1. The number of nitrogens with one attached hydrogen (secondary N) is 1. The first-order valence-corrected chi connectivity index (χ1v) is 9.12. The fourth-order valence-electron chi connectivity index (χ4n) is 3.28. The fraction of sp³-hybridized carbons (Fsp3) is 0.286. The number of benzene rings is 2. The van der Waals surface area contributed by atoms with Crippen LogP contribution < -0.4 is 10.1 Å². The molecule has 0 bridgehead atoms. The summed E-state index contributed by atoms with van der Waals surface area (Å²) in [6, 6.07) is 12.5. The van der Waals surface area contributed by atoms with Gasteiger partial charge >= 0.3 is 0 Å². The number of fused-ring (bicyclic) bond motifs is 2. The molecule has 138 valence electrons.